The van der Waals surface area contributed by atoms with Crippen molar-refractivity contribution in [2.45, 2.75) is 19.3 Å². The number of halogens is 4. The van der Waals surface area contributed by atoms with Crippen LogP contribution in [0.15, 0.2) is 47.3 Å². The molecule has 0 aliphatic heterocycles. The maximum absolute atomic E-state index is 13.1. The molecule has 0 unspecified atom stereocenters. The standard InChI is InChI=1S/C17H13ClF3N3OS/c18-15-6-5-11(16(24-15)17(19,20)21)7-22-13-3-1-2-4-14(13)25-8-12-9-26-10-23-12/h1-6,9-10,22H,7-8H2. The van der Waals surface area contributed by atoms with Crippen molar-refractivity contribution >= 4 is 28.6 Å². The van der Waals surface area contributed by atoms with Crippen molar-refractivity contribution in [3.8, 4) is 5.75 Å². The molecular weight excluding hydrogens is 387 g/mol. The van der Waals surface area contributed by atoms with E-state index in [-0.39, 0.29) is 23.9 Å². The Morgan fingerprint density at radius 2 is 1.96 bits per heavy atom. The summed E-state index contributed by atoms with van der Waals surface area (Å²) < 4.78 is 45.1. The summed E-state index contributed by atoms with van der Waals surface area (Å²) in [6, 6.07) is 9.66. The van der Waals surface area contributed by atoms with Crippen molar-refractivity contribution in [3.05, 3.63) is 69.4 Å². The van der Waals surface area contributed by atoms with Crippen molar-refractivity contribution in [2.75, 3.05) is 5.32 Å². The average molecular weight is 400 g/mol. The van der Waals surface area contributed by atoms with Gasteiger partial charge in [-0.3, -0.25) is 0 Å². The van der Waals surface area contributed by atoms with Gasteiger partial charge in [0.15, 0.2) is 5.69 Å². The Balaban J connectivity index is 1.74. The highest BCUT2D eigenvalue weighted by Gasteiger charge is 2.35. The normalized spacial score (nSPS) is 11.4. The molecule has 136 valence electrons. The molecule has 0 saturated heterocycles. The zero-order valence-corrected chi connectivity index (χ0v) is 14.8. The van der Waals surface area contributed by atoms with Crippen LogP contribution in [0.3, 0.4) is 0 Å². The van der Waals surface area contributed by atoms with Gasteiger partial charge in [-0.15, -0.1) is 11.3 Å². The van der Waals surface area contributed by atoms with Crippen LogP contribution < -0.4 is 10.1 Å². The molecule has 1 N–H and O–H groups in total. The van der Waals surface area contributed by atoms with Crippen LogP contribution in [0.1, 0.15) is 17.0 Å². The molecule has 2 heterocycles. The van der Waals surface area contributed by atoms with Gasteiger partial charge in [-0.2, -0.15) is 13.2 Å². The summed E-state index contributed by atoms with van der Waals surface area (Å²) in [4.78, 5) is 7.54. The Bertz CT molecular complexity index is 872. The molecule has 0 spiro atoms. The van der Waals surface area contributed by atoms with Gasteiger partial charge in [-0.1, -0.05) is 29.8 Å². The Labute approximate surface area is 156 Å². The van der Waals surface area contributed by atoms with E-state index in [4.69, 9.17) is 16.3 Å². The molecule has 0 fully saturated rings. The van der Waals surface area contributed by atoms with E-state index < -0.39 is 11.9 Å². The summed E-state index contributed by atoms with van der Waals surface area (Å²) in [6.07, 6.45) is -4.58. The molecule has 0 aliphatic carbocycles. The van der Waals surface area contributed by atoms with Gasteiger partial charge < -0.3 is 10.1 Å². The molecule has 0 radical (unpaired) electrons. The zero-order chi connectivity index (χ0) is 18.6. The van der Waals surface area contributed by atoms with Crippen LogP contribution in [0.4, 0.5) is 18.9 Å². The minimum atomic E-state index is -4.58. The number of hydrogen-bond acceptors (Lipinski definition) is 5. The summed E-state index contributed by atoms with van der Waals surface area (Å²) in [6.45, 7) is 0.203. The summed E-state index contributed by atoms with van der Waals surface area (Å²) in [5, 5.41) is 4.63. The average Bonchev–Trinajstić information content (AvgIpc) is 3.12. The lowest BCUT2D eigenvalue weighted by atomic mass is 10.1. The van der Waals surface area contributed by atoms with Gasteiger partial charge in [0.25, 0.3) is 0 Å². The third-order valence-electron chi connectivity index (χ3n) is 3.43. The number of benzene rings is 1. The fraction of sp³-hybridized carbons (Fsp3) is 0.176. The predicted molar refractivity (Wildman–Crippen MR) is 94.5 cm³/mol. The lowest BCUT2D eigenvalue weighted by molar-refractivity contribution is -0.141. The molecule has 9 heteroatoms. The first-order valence-electron chi connectivity index (χ1n) is 7.49. The van der Waals surface area contributed by atoms with Crippen molar-refractivity contribution in [1.29, 1.82) is 0 Å². The maximum Gasteiger partial charge on any atom is 0.433 e. The number of rotatable bonds is 6. The quantitative estimate of drug-likeness (QED) is 0.564. The third kappa shape index (κ3) is 4.64. The van der Waals surface area contributed by atoms with Crippen LogP contribution >= 0.6 is 22.9 Å². The SMILES string of the molecule is FC(F)(F)c1nc(Cl)ccc1CNc1ccccc1OCc1cscn1. The summed E-state index contributed by atoms with van der Waals surface area (Å²) in [7, 11) is 0. The summed E-state index contributed by atoms with van der Waals surface area (Å²) in [5.74, 6) is 0.524. The lowest BCUT2D eigenvalue weighted by Gasteiger charge is -2.15. The van der Waals surface area contributed by atoms with Crippen LogP contribution in [0.5, 0.6) is 5.75 Å². The van der Waals surface area contributed by atoms with Crippen LogP contribution in [-0.2, 0) is 19.3 Å². The van der Waals surface area contributed by atoms with E-state index in [0.29, 0.717) is 11.4 Å². The number of hydrogen-bond donors (Lipinski definition) is 1. The van der Waals surface area contributed by atoms with Crippen LogP contribution in [-0.4, -0.2) is 9.97 Å². The van der Waals surface area contributed by atoms with E-state index in [1.807, 2.05) is 5.38 Å². The van der Waals surface area contributed by atoms with Crippen LogP contribution in [0.2, 0.25) is 5.15 Å². The van der Waals surface area contributed by atoms with Gasteiger partial charge in [0, 0.05) is 17.5 Å². The number of nitrogens with one attached hydrogen (secondary N) is 1. The Morgan fingerprint density at radius 3 is 2.69 bits per heavy atom. The molecule has 0 atom stereocenters. The predicted octanol–water partition coefficient (Wildman–Crippen LogP) is 5.40. The molecule has 0 bridgehead atoms. The van der Waals surface area contributed by atoms with Gasteiger partial charge in [0.05, 0.1) is 16.9 Å². The van der Waals surface area contributed by atoms with E-state index in [9.17, 15) is 13.2 Å². The Hall–Kier alpha value is -2.32. The lowest BCUT2D eigenvalue weighted by Crippen LogP contribution is -2.14. The Morgan fingerprint density at radius 1 is 1.15 bits per heavy atom. The number of ether oxygens (including phenoxy) is 1. The first kappa shape index (κ1) is 18.5. The summed E-state index contributed by atoms with van der Waals surface area (Å²) >= 11 is 7.06. The number of anilines is 1. The van der Waals surface area contributed by atoms with E-state index >= 15 is 0 Å². The van der Waals surface area contributed by atoms with E-state index in [1.54, 1.807) is 29.8 Å². The molecule has 0 saturated carbocycles. The van der Waals surface area contributed by atoms with Gasteiger partial charge in [-0.25, -0.2) is 9.97 Å². The molecule has 1 aromatic carbocycles. The summed E-state index contributed by atoms with van der Waals surface area (Å²) in [5.41, 5.74) is 2.06. The van der Waals surface area contributed by atoms with Gasteiger partial charge in [0.2, 0.25) is 0 Å². The fourth-order valence-electron chi connectivity index (χ4n) is 2.24. The highest BCUT2D eigenvalue weighted by atomic mass is 35.5. The largest absolute Gasteiger partial charge is 0.485 e. The number of pyridine rings is 1. The fourth-order valence-corrected chi connectivity index (χ4v) is 2.93. The number of alkyl halides is 3. The van der Waals surface area contributed by atoms with Crippen molar-refractivity contribution in [2.24, 2.45) is 0 Å². The molecule has 3 aromatic rings. The van der Waals surface area contributed by atoms with Crippen molar-refractivity contribution < 1.29 is 17.9 Å². The number of aromatic nitrogens is 2. The van der Waals surface area contributed by atoms with Gasteiger partial charge >= 0.3 is 6.18 Å². The van der Waals surface area contributed by atoms with E-state index in [0.717, 1.165) is 5.69 Å². The molecular formula is C17H13ClF3N3OS. The molecule has 2 aromatic heterocycles. The van der Waals surface area contributed by atoms with Crippen LogP contribution in [0, 0.1) is 0 Å². The molecule has 0 amide bonds. The zero-order valence-electron chi connectivity index (χ0n) is 13.3. The third-order valence-corrected chi connectivity index (χ3v) is 4.27. The highest BCUT2D eigenvalue weighted by Crippen LogP contribution is 2.32. The smallest absolute Gasteiger partial charge is 0.433 e. The first-order valence-corrected chi connectivity index (χ1v) is 8.81. The first-order chi connectivity index (χ1) is 12.4. The second-order valence-corrected chi connectivity index (χ2v) is 6.36. The number of thiazole rings is 1. The molecule has 3 rings (SSSR count). The van der Waals surface area contributed by atoms with Crippen LogP contribution in [0.25, 0.3) is 0 Å². The maximum atomic E-state index is 13.1. The topological polar surface area (TPSA) is 47.0 Å². The van der Waals surface area contributed by atoms with Gasteiger partial charge in [-0.05, 0) is 18.2 Å². The monoisotopic (exact) mass is 399 g/mol. The van der Waals surface area contributed by atoms with E-state index in [1.165, 1.54) is 23.5 Å². The second kappa shape index (κ2) is 7.92. The van der Waals surface area contributed by atoms with Crippen molar-refractivity contribution in [3.63, 3.8) is 0 Å². The van der Waals surface area contributed by atoms with Crippen molar-refractivity contribution in [1.82, 2.24) is 9.97 Å². The number of para-hydroxylation sites is 2. The molecule has 26 heavy (non-hydrogen) atoms. The minimum absolute atomic E-state index is 0.00351. The highest BCUT2D eigenvalue weighted by molar-refractivity contribution is 7.07. The Kier molecular flexibility index (Phi) is 5.63. The van der Waals surface area contributed by atoms with Gasteiger partial charge in [0.1, 0.15) is 17.5 Å². The second-order valence-electron chi connectivity index (χ2n) is 5.26. The van der Waals surface area contributed by atoms with E-state index in [2.05, 4.69) is 15.3 Å². The molecule has 0 aliphatic rings. The molecule has 4 nitrogen and oxygen atoms in total. The minimum Gasteiger partial charge on any atom is -0.485 e. The number of nitrogens with zero attached hydrogens (tertiary/aromatic N) is 2.